The Kier molecular flexibility index (Phi) is 8.56. The van der Waals surface area contributed by atoms with E-state index in [0.717, 1.165) is 38.0 Å². The Morgan fingerprint density at radius 3 is 2.67 bits per heavy atom. The summed E-state index contributed by atoms with van der Waals surface area (Å²) in [6.45, 7) is 3.67. The molecule has 0 bridgehead atoms. The van der Waals surface area contributed by atoms with Gasteiger partial charge in [0.25, 0.3) is 0 Å². The van der Waals surface area contributed by atoms with Crippen LogP contribution in [0.2, 0.25) is 0 Å². The van der Waals surface area contributed by atoms with Crippen LogP contribution in [0.25, 0.3) is 5.69 Å². The first-order valence-electron chi connectivity index (χ1n) is 9.15. The molecule has 0 radical (unpaired) electrons. The van der Waals surface area contributed by atoms with E-state index in [0.29, 0.717) is 12.0 Å². The molecule has 0 atom stereocenters. The van der Waals surface area contributed by atoms with Gasteiger partial charge in [-0.2, -0.15) is 5.10 Å². The third-order valence-electron chi connectivity index (χ3n) is 4.08. The van der Waals surface area contributed by atoms with E-state index in [1.54, 1.807) is 6.20 Å². The van der Waals surface area contributed by atoms with E-state index in [2.05, 4.69) is 50.3 Å². The van der Waals surface area contributed by atoms with Crippen LogP contribution in [0.15, 0.2) is 47.7 Å². The highest BCUT2D eigenvalue weighted by atomic mass is 127. The first kappa shape index (κ1) is 21.2. The van der Waals surface area contributed by atoms with Crippen molar-refractivity contribution in [3.05, 3.63) is 48.3 Å². The van der Waals surface area contributed by atoms with E-state index in [-0.39, 0.29) is 36.4 Å². The van der Waals surface area contributed by atoms with E-state index in [1.807, 2.05) is 23.9 Å². The molecule has 1 heterocycles. The number of nitrogens with one attached hydrogen (secondary N) is 3. The number of carbonyl (C=O) groups excluding carboxylic acids is 1. The third kappa shape index (κ3) is 7.20. The van der Waals surface area contributed by atoms with Crippen LogP contribution >= 0.6 is 24.0 Å². The average Bonchev–Trinajstić information content (AvgIpc) is 3.29. The summed E-state index contributed by atoms with van der Waals surface area (Å²) in [6, 6.07) is 10.6. The van der Waals surface area contributed by atoms with Crippen LogP contribution in [0.4, 0.5) is 0 Å². The summed E-state index contributed by atoms with van der Waals surface area (Å²) in [5.41, 5.74) is 2.28. The Bertz CT molecular complexity index is 725. The highest BCUT2D eigenvalue weighted by molar-refractivity contribution is 14.0. The fraction of sp³-hybridized carbons (Fsp3) is 0.421. The van der Waals surface area contributed by atoms with Gasteiger partial charge in [-0.3, -0.25) is 4.79 Å². The van der Waals surface area contributed by atoms with Crippen molar-refractivity contribution in [3.63, 3.8) is 0 Å². The van der Waals surface area contributed by atoms with E-state index < -0.39 is 0 Å². The molecule has 0 aliphatic heterocycles. The van der Waals surface area contributed by atoms with Crippen molar-refractivity contribution >= 4 is 35.8 Å². The number of rotatable bonds is 8. The fourth-order valence-electron chi connectivity index (χ4n) is 2.56. The minimum absolute atomic E-state index is 0. The summed E-state index contributed by atoms with van der Waals surface area (Å²) in [5, 5.41) is 13.6. The molecular formula is C19H27IN6O. The minimum atomic E-state index is -0.0149. The normalized spacial score (nSPS) is 13.6. The number of hydrogen-bond acceptors (Lipinski definition) is 3. The summed E-state index contributed by atoms with van der Waals surface area (Å²) in [4.78, 5) is 16.1. The molecule has 1 aromatic carbocycles. The van der Waals surface area contributed by atoms with Crippen LogP contribution in [-0.2, 0) is 11.2 Å². The maximum absolute atomic E-state index is 11.7. The second-order valence-electron chi connectivity index (χ2n) is 6.33. The van der Waals surface area contributed by atoms with Gasteiger partial charge in [-0.05, 0) is 49.9 Å². The maximum atomic E-state index is 11.7. The van der Waals surface area contributed by atoms with Crippen molar-refractivity contribution in [3.8, 4) is 5.69 Å². The van der Waals surface area contributed by atoms with Crippen molar-refractivity contribution < 1.29 is 4.79 Å². The van der Waals surface area contributed by atoms with Gasteiger partial charge in [0.15, 0.2) is 5.96 Å². The SMILES string of the molecule is CCNC(=NCC(=O)NC1CC1)NCCc1ccc(-n2cccn2)cc1.I. The highest BCUT2D eigenvalue weighted by Crippen LogP contribution is 2.18. The topological polar surface area (TPSA) is 83.3 Å². The molecule has 0 saturated heterocycles. The number of carbonyl (C=O) groups is 1. The molecule has 3 rings (SSSR count). The smallest absolute Gasteiger partial charge is 0.242 e. The Morgan fingerprint density at radius 2 is 2.04 bits per heavy atom. The molecule has 146 valence electrons. The molecule has 27 heavy (non-hydrogen) atoms. The summed E-state index contributed by atoms with van der Waals surface area (Å²) in [7, 11) is 0. The van der Waals surface area contributed by atoms with Crippen LogP contribution in [0.5, 0.6) is 0 Å². The van der Waals surface area contributed by atoms with E-state index >= 15 is 0 Å². The van der Waals surface area contributed by atoms with Crippen molar-refractivity contribution in [1.29, 1.82) is 0 Å². The largest absolute Gasteiger partial charge is 0.357 e. The lowest BCUT2D eigenvalue weighted by atomic mass is 10.1. The minimum Gasteiger partial charge on any atom is -0.357 e. The number of guanidine groups is 1. The number of aliphatic imine (C=N–C) groups is 1. The molecule has 3 N–H and O–H groups in total. The third-order valence-corrected chi connectivity index (χ3v) is 4.08. The Balaban J connectivity index is 0.00000261. The Labute approximate surface area is 177 Å². The van der Waals surface area contributed by atoms with E-state index in [9.17, 15) is 4.79 Å². The lowest BCUT2D eigenvalue weighted by Crippen LogP contribution is -2.39. The Morgan fingerprint density at radius 1 is 1.26 bits per heavy atom. The average molecular weight is 482 g/mol. The number of hydrogen-bond donors (Lipinski definition) is 3. The standard InChI is InChI=1S/C19H26N6O.HI/c1-2-20-19(22-14-18(26)24-16-6-7-16)21-12-10-15-4-8-17(9-5-15)25-13-3-11-23-25;/h3-5,8-9,11,13,16H,2,6-7,10,12,14H2,1H3,(H,24,26)(H2,20,21,22);1H. The van der Waals surface area contributed by atoms with Crippen LogP contribution in [0, 0.1) is 0 Å². The van der Waals surface area contributed by atoms with Gasteiger partial charge in [0.2, 0.25) is 5.91 Å². The van der Waals surface area contributed by atoms with Crippen molar-refractivity contribution in [2.75, 3.05) is 19.6 Å². The highest BCUT2D eigenvalue weighted by Gasteiger charge is 2.22. The van der Waals surface area contributed by atoms with Crippen molar-refractivity contribution in [2.24, 2.45) is 4.99 Å². The summed E-state index contributed by atoms with van der Waals surface area (Å²) < 4.78 is 1.84. The molecule has 1 fully saturated rings. The number of aromatic nitrogens is 2. The second-order valence-corrected chi connectivity index (χ2v) is 6.33. The van der Waals surface area contributed by atoms with Gasteiger partial charge >= 0.3 is 0 Å². The molecule has 7 nitrogen and oxygen atoms in total. The van der Waals surface area contributed by atoms with Gasteiger partial charge in [0, 0.05) is 31.5 Å². The molecule has 1 saturated carbocycles. The molecular weight excluding hydrogens is 455 g/mol. The second kappa shape index (κ2) is 10.9. The Hall–Kier alpha value is -2.10. The van der Waals surface area contributed by atoms with Gasteiger partial charge < -0.3 is 16.0 Å². The van der Waals surface area contributed by atoms with E-state index in [4.69, 9.17) is 0 Å². The first-order chi connectivity index (χ1) is 12.7. The summed E-state index contributed by atoms with van der Waals surface area (Å²) in [5.74, 6) is 0.658. The fourth-order valence-corrected chi connectivity index (χ4v) is 2.56. The predicted octanol–water partition coefficient (Wildman–Crippen LogP) is 1.87. The zero-order valence-electron chi connectivity index (χ0n) is 15.5. The molecule has 0 spiro atoms. The first-order valence-corrected chi connectivity index (χ1v) is 9.15. The summed E-state index contributed by atoms with van der Waals surface area (Å²) >= 11 is 0. The number of halogens is 1. The molecule has 8 heteroatoms. The van der Waals surface area contributed by atoms with E-state index in [1.165, 1.54) is 5.56 Å². The molecule has 0 unspecified atom stereocenters. The summed E-state index contributed by atoms with van der Waals surface area (Å²) in [6.07, 6.45) is 6.75. The van der Waals surface area contributed by atoms with Crippen LogP contribution in [0.3, 0.4) is 0 Å². The lowest BCUT2D eigenvalue weighted by Gasteiger charge is -2.11. The quantitative estimate of drug-likeness (QED) is 0.305. The van der Waals surface area contributed by atoms with Crippen molar-refractivity contribution in [1.82, 2.24) is 25.7 Å². The van der Waals surface area contributed by atoms with Crippen LogP contribution in [-0.4, -0.2) is 47.3 Å². The maximum Gasteiger partial charge on any atom is 0.242 e. The lowest BCUT2D eigenvalue weighted by molar-refractivity contribution is -0.119. The predicted molar refractivity (Wildman–Crippen MR) is 118 cm³/mol. The van der Waals surface area contributed by atoms with Gasteiger partial charge in [-0.25, -0.2) is 9.67 Å². The van der Waals surface area contributed by atoms with Gasteiger partial charge in [0.05, 0.1) is 5.69 Å². The van der Waals surface area contributed by atoms with Gasteiger partial charge in [0.1, 0.15) is 6.54 Å². The monoisotopic (exact) mass is 482 g/mol. The number of nitrogens with zero attached hydrogens (tertiary/aromatic N) is 3. The van der Waals surface area contributed by atoms with Crippen LogP contribution in [0.1, 0.15) is 25.3 Å². The molecule has 1 aromatic heterocycles. The number of amides is 1. The molecule has 1 amide bonds. The van der Waals surface area contributed by atoms with Gasteiger partial charge in [-0.1, -0.05) is 12.1 Å². The van der Waals surface area contributed by atoms with Crippen LogP contribution < -0.4 is 16.0 Å². The van der Waals surface area contributed by atoms with Crippen molar-refractivity contribution in [2.45, 2.75) is 32.2 Å². The molecule has 1 aliphatic rings. The zero-order chi connectivity index (χ0) is 18.2. The zero-order valence-corrected chi connectivity index (χ0v) is 17.8. The molecule has 1 aliphatic carbocycles. The van der Waals surface area contributed by atoms with Gasteiger partial charge in [-0.15, -0.1) is 24.0 Å². The number of benzene rings is 1. The molecule has 2 aromatic rings.